The van der Waals surface area contributed by atoms with Crippen LogP contribution >= 0.6 is 12.4 Å². The molecule has 1 amide bonds. The van der Waals surface area contributed by atoms with Gasteiger partial charge in [0.15, 0.2) is 0 Å². The zero-order valence-corrected chi connectivity index (χ0v) is 17.0. The van der Waals surface area contributed by atoms with Crippen LogP contribution in [0.1, 0.15) is 25.7 Å². The summed E-state index contributed by atoms with van der Waals surface area (Å²) < 4.78 is 33.4. The van der Waals surface area contributed by atoms with Gasteiger partial charge in [-0.3, -0.25) is 4.79 Å². The number of piperazine rings is 1. The maximum absolute atomic E-state index is 12.5. The van der Waals surface area contributed by atoms with Crippen molar-refractivity contribution >= 4 is 28.3 Å². The first-order valence-corrected chi connectivity index (χ1v) is 10.0. The monoisotopic (exact) mass is 409 g/mol. The molecule has 0 radical (unpaired) electrons. The summed E-state index contributed by atoms with van der Waals surface area (Å²) in [6.45, 7) is 5.29. The Labute approximate surface area is 160 Å². The van der Waals surface area contributed by atoms with Crippen LogP contribution in [0.5, 0.6) is 0 Å². The first-order chi connectivity index (χ1) is 11.8. The molecule has 2 rings (SSSR count). The quantitative estimate of drug-likeness (QED) is 0.608. The lowest BCUT2D eigenvalue weighted by Crippen LogP contribution is -2.52. The number of sulfonamides is 1. The first-order valence-electron chi connectivity index (χ1n) is 8.36. The van der Waals surface area contributed by atoms with Crippen LogP contribution in [-0.2, 0) is 26.6 Å². The van der Waals surface area contributed by atoms with Crippen LogP contribution in [0, 0.1) is 0 Å². The SMILES string of the molecule is CC(C)OCCS(=O)(=O)NCC(=O)N1CCNCC1c1nccn1C.Cl. The van der Waals surface area contributed by atoms with Gasteiger partial charge in [0.25, 0.3) is 0 Å². The average molecular weight is 410 g/mol. The number of nitrogens with zero attached hydrogens (tertiary/aromatic N) is 3. The van der Waals surface area contributed by atoms with Gasteiger partial charge in [-0.25, -0.2) is 18.1 Å². The van der Waals surface area contributed by atoms with Crippen molar-refractivity contribution in [2.75, 3.05) is 38.5 Å². The molecule has 0 spiro atoms. The minimum atomic E-state index is -3.55. The molecule has 1 atom stereocenters. The molecular weight excluding hydrogens is 382 g/mol. The lowest BCUT2D eigenvalue weighted by atomic mass is 10.1. The molecule has 0 aliphatic carbocycles. The van der Waals surface area contributed by atoms with Gasteiger partial charge in [0, 0.05) is 39.1 Å². The third kappa shape index (κ3) is 6.51. The van der Waals surface area contributed by atoms with Crippen molar-refractivity contribution in [1.29, 1.82) is 0 Å². The number of rotatable bonds is 8. The highest BCUT2D eigenvalue weighted by Crippen LogP contribution is 2.20. The smallest absolute Gasteiger partial charge is 0.238 e. The van der Waals surface area contributed by atoms with E-state index in [0.717, 1.165) is 5.82 Å². The van der Waals surface area contributed by atoms with Gasteiger partial charge in [-0.1, -0.05) is 0 Å². The zero-order chi connectivity index (χ0) is 18.4. The predicted octanol–water partition coefficient (Wildman–Crippen LogP) is -0.341. The molecule has 1 unspecified atom stereocenters. The number of nitrogens with one attached hydrogen (secondary N) is 2. The molecule has 150 valence electrons. The molecule has 1 aromatic heterocycles. The summed E-state index contributed by atoms with van der Waals surface area (Å²) in [5, 5.41) is 3.24. The van der Waals surface area contributed by atoms with Crippen LogP contribution in [0.2, 0.25) is 0 Å². The van der Waals surface area contributed by atoms with Gasteiger partial charge in [0.2, 0.25) is 15.9 Å². The van der Waals surface area contributed by atoms with Crippen LogP contribution in [0.25, 0.3) is 0 Å². The van der Waals surface area contributed by atoms with Gasteiger partial charge in [-0.05, 0) is 13.8 Å². The number of carbonyl (C=O) groups excluding carboxylic acids is 1. The normalized spacial score (nSPS) is 18.0. The Bertz CT molecular complexity index is 679. The summed E-state index contributed by atoms with van der Waals surface area (Å²) in [6, 6.07) is -0.213. The number of carbonyl (C=O) groups is 1. The van der Waals surface area contributed by atoms with E-state index < -0.39 is 10.0 Å². The van der Waals surface area contributed by atoms with E-state index in [1.807, 2.05) is 31.7 Å². The van der Waals surface area contributed by atoms with Crippen molar-refractivity contribution in [2.24, 2.45) is 7.05 Å². The molecule has 1 aromatic rings. The van der Waals surface area contributed by atoms with Crippen LogP contribution < -0.4 is 10.0 Å². The molecule has 2 heterocycles. The molecule has 0 bridgehead atoms. The van der Waals surface area contributed by atoms with Crippen molar-refractivity contribution in [3.63, 3.8) is 0 Å². The van der Waals surface area contributed by atoms with Gasteiger partial charge < -0.3 is 19.5 Å². The molecule has 2 N–H and O–H groups in total. The topological polar surface area (TPSA) is 106 Å². The van der Waals surface area contributed by atoms with E-state index in [-0.39, 0.29) is 49.4 Å². The molecule has 1 saturated heterocycles. The summed E-state index contributed by atoms with van der Waals surface area (Å²) in [6.07, 6.45) is 3.48. The predicted molar refractivity (Wildman–Crippen MR) is 101 cm³/mol. The Morgan fingerprint density at radius 3 is 2.85 bits per heavy atom. The standard InChI is InChI=1S/C15H27N5O4S.ClH/c1-12(2)24-8-9-25(22,23)18-11-14(21)20-7-4-16-10-13(20)15-17-5-6-19(15)3;/h5-6,12-13,16,18H,4,7-11H2,1-3H3;1H. The van der Waals surface area contributed by atoms with E-state index in [0.29, 0.717) is 19.6 Å². The second kappa shape index (κ2) is 10.2. The zero-order valence-electron chi connectivity index (χ0n) is 15.3. The second-order valence-corrected chi connectivity index (χ2v) is 8.19. The largest absolute Gasteiger partial charge is 0.378 e. The van der Waals surface area contributed by atoms with Gasteiger partial charge in [-0.15, -0.1) is 12.4 Å². The summed E-state index contributed by atoms with van der Waals surface area (Å²) in [5.41, 5.74) is 0. The van der Waals surface area contributed by atoms with E-state index >= 15 is 0 Å². The number of halogens is 1. The van der Waals surface area contributed by atoms with Gasteiger partial charge in [-0.2, -0.15) is 0 Å². The molecular formula is C15H28ClN5O4S. The Morgan fingerprint density at radius 2 is 2.23 bits per heavy atom. The summed E-state index contributed by atoms with van der Waals surface area (Å²) in [5.74, 6) is 0.347. The number of hydrogen-bond donors (Lipinski definition) is 2. The van der Waals surface area contributed by atoms with Crippen molar-refractivity contribution in [3.05, 3.63) is 18.2 Å². The number of amides is 1. The summed E-state index contributed by atoms with van der Waals surface area (Å²) in [7, 11) is -1.68. The molecule has 0 aromatic carbocycles. The van der Waals surface area contributed by atoms with Gasteiger partial charge in [0.05, 0.1) is 25.0 Å². The lowest BCUT2D eigenvalue weighted by Gasteiger charge is -2.35. The maximum Gasteiger partial charge on any atom is 0.238 e. The van der Waals surface area contributed by atoms with E-state index in [2.05, 4.69) is 15.0 Å². The second-order valence-electron chi connectivity index (χ2n) is 6.26. The number of hydrogen-bond acceptors (Lipinski definition) is 6. The van der Waals surface area contributed by atoms with Gasteiger partial charge >= 0.3 is 0 Å². The third-order valence-electron chi connectivity index (χ3n) is 3.97. The van der Waals surface area contributed by atoms with Crippen molar-refractivity contribution in [2.45, 2.75) is 26.0 Å². The van der Waals surface area contributed by atoms with E-state index in [1.165, 1.54) is 0 Å². The van der Waals surface area contributed by atoms with E-state index in [4.69, 9.17) is 4.74 Å². The van der Waals surface area contributed by atoms with Crippen molar-refractivity contribution in [1.82, 2.24) is 24.5 Å². The Kier molecular flexibility index (Phi) is 8.97. The Balaban J connectivity index is 0.00000338. The maximum atomic E-state index is 12.5. The third-order valence-corrected chi connectivity index (χ3v) is 5.26. The lowest BCUT2D eigenvalue weighted by molar-refractivity contribution is -0.133. The summed E-state index contributed by atoms with van der Waals surface area (Å²) >= 11 is 0. The van der Waals surface area contributed by atoms with E-state index in [1.54, 1.807) is 11.1 Å². The molecule has 1 fully saturated rings. The average Bonchev–Trinajstić information content (AvgIpc) is 2.98. The molecule has 0 saturated carbocycles. The van der Waals surface area contributed by atoms with Gasteiger partial charge in [0.1, 0.15) is 11.9 Å². The minimum Gasteiger partial charge on any atom is -0.378 e. The van der Waals surface area contributed by atoms with Crippen LogP contribution in [0.15, 0.2) is 12.4 Å². The minimum absolute atomic E-state index is 0. The molecule has 1 aliphatic rings. The first kappa shape index (κ1) is 22.8. The Morgan fingerprint density at radius 1 is 1.50 bits per heavy atom. The molecule has 9 nitrogen and oxygen atoms in total. The fourth-order valence-electron chi connectivity index (χ4n) is 2.67. The highest BCUT2D eigenvalue weighted by Gasteiger charge is 2.30. The highest BCUT2D eigenvalue weighted by molar-refractivity contribution is 7.89. The number of aryl methyl sites for hydroxylation is 1. The van der Waals surface area contributed by atoms with Crippen LogP contribution in [0.3, 0.4) is 0 Å². The van der Waals surface area contributed by atoms with Crippen LogP contribution in [0.4, 0.5) is 0 Å². The molecule has 1 aliphatic heterocycles. The number of ether oxygens (including phenoxy) is 1. The summed E-state index contributed by atoms with van der Waals surface area (Å²) in [4.78, 5) is 18.5. The fraction of sp³-hybridized carbons (Fsp3) is 0.733. The van der Waals surface area contributed by atoms with Crippen molar-refractivity contribution in [3.8, 4) is 0 Å². The molecule has 26 heavy (non-hydrogen) atoms. The van der Waals surface area contributed by atoms with Crippen molar-refractivity contribution < 1.29 is 17.9 Å². The number of imidazole rings is 1. The van der Waals surface area contributed by atoms with E-state index in [9.17, 15) is 13.2 Å². The highest BCUT2D eigenvalue weighted by atomic mass is 35.5. The van der Waals surface area contributed by atoms with Crippen LogP contribution in [-0.4, -0.2) is 73.4 Å². The number of aromatic nitrogens is 2. The Hall–Kier alpha value is -1.20. The molecule has 11 heteroatoms. The fourth-order valence-corrected chi connectivity index (χ4v) is 3.47.